The van der Waals surface area contributed by atoms with Gasteiger partial charge in [-0.3, -0.25) is 4.79 Å². The first-order valence-electron chi connectivity index (χ1n) is 16.5. The minimum atomic E-state index is -6.21. The van der Waals surface area contributed by atoms with E-state index < -0.39 is 49.3 Å². The van der Waals surface area contributed by atoms with Crippen LogP contribution in [0.25, 0.3) is 0 Å². The highest BCUT2D eigenvalue weighted by atomic mass is 32.3. The van der Waals surface area contributed by atoms with E-state index in [2.05, 4.69) is 6.58 Å². The average Bonchev–Trinajstić information content (AvgIpc) is 3.19. The van der Waals surface area contributed by atoms with Gasteiger partial charge in [0.2, 0.25) is 5.79 Å². The van der Waals surface area contributed by atoms with E-state index >= 15 is 13.2 Å². The van der Waals surface area contributed by atoms with Crippen molar-refractivity contribution in [3.63, 3.8) is 0 Å². The first kappa shape index (κ1) is 40.0. The first-order valence-corrected chi connectivity index (χ1v) is 20.3. The van der Waals surface area contributed by atoms with Gasteiger partial charge in [-0.15, -0.1) is 0 Å². The molecule has 0 aliphatic carbocycles. The Morgan fingerprint density at radius 2 is 1.09 bits per heavy atom. The number of benzene rings is 5. The van der Waals surface area contributed by atoms with Crippen LogP contribution in [0.15, 0.2) is 177 Å². The van der Waals surface area contributed by atoms with E-state index in [9.17, 15) is 13.2 Å². The third-order valence-electron chi connectivity index (χ3n) is 8.64. The molecule has 0 saturated heterocycles. The van der Waals surface area contributed by atoms with Crippen molar-refractivity contribution in [2.45, 2.75) is 61.0 Å². The van der Waals surface area contributed by atoms with Crippen LogP contribution in [0.3, 0.4) is 0 Å². The quantitative estimate of drug-likeness (QED) is 0.0687. The molecule has 1 atom stereocenters. The number of hydrogen-bond donors (Lipinski definition) is 0. The van der Waals surface area contributed by atoms with E-state index in [1.807, 2.05) is 54.6 Å². The van der Waals surface area contributed by atoms with Gasteiger partial charge < -0.3 is 9.47 Å². The number of hydrogen-bond acceptors (Lipinski definition) is 7. The summed E-state index contributed by atoms with van der Waals surface area (Å²) in [4.78, 5) is 15.3. The van der Waals surface area contributed by atoms with Gasteiger partial charge in [-0.1, -0.05) is 111 Å². The monoisotopic (exact) mass is 780 g/mol. The van der Waals surface area contributed by atoms with Gasteiger partial charge in [0.05, 0.1) is 0 Å². The molecule has 6 nitrogen and oxygen atoms in total. The highest BCUT2D eigenvalue weighted by molar-refractivity contribution is 8.33. The summed E-state index contributed by atoms with van der Waals surface area (Å²) in [6.45, 7) is 4.49. The van der Waals surface area contributed by atoms with Gasteiger partial charge in [-0.2, -0.15) is 17.2 Å². The van der Waals surface area contributed by atoms with Crippen LogP contribution in [0.2, 0.25) is 0 Å². The molecular formula is C41H39F3O6S3. The molecule has 0 N–H and O–H groups in total. The highest BCUT2D eigenvalue weighted by Crippen LogP contribution is 2.71. The van der Waals surface area contributed by atoms with E-state index in [-0.39, 0.29) is 21.1 Å². The molecule has 1 unspecified atom stereocenters. The van der Waals surface area contributed by atoms with Crippen LogP contribution in [0, 0.1) is 0 Å². The molecule has 12 heteroatoms. The van der Waals surface area contributed by atoms with Gasteiger partial charge >= 0.3 is 15.4 Å². The normalized spacial score (nSPS) is 13.9. The van der Waals surface area contributed by atoms with Crippen molar-refractivity contribution in [2.24, 2.45) is 0 Å². The zero-order valence-corrected chi connectivity index (χ0v) is 31.7. The maximum absolute atomic E-state index is 16.2. The second-order valence-corrected chi connectivity index (χ2v) is 17.5. The lowest BCUT2D eigenvalue weighted by Gasteiger charge is -2.41. The van der Waals surface area contributed by atoms with Gasteiger partial charge in [0.1, 0.15) is 0 Å². The predicted molar refractivity (Wildman–Crippen MR) is 202 cm³/mol. The number of alkyl halides is 3. The third-order valence-corrected chi connectivity index (χ3v) is 15.0. The van der Waals surface area contributed by atoms with Crippen LogP contribution in [0.5, 0.6) is 0 Å². The molecule has 0 amide bonds. The third kappa shape index (κ3) is 7.49. The van der Waals surface area contributed by atoms with Gasteiger partial charge in [0.15, 0.2) is 5.78 Å². The average molecular weight is 781 g/mol. The molecular weight excluding hydrogens is 742 g/mol. The van der Waals surface area contributed by atoms with Gasteiger partial charge in [-0.05, 0) is 83.5 Å². The number of rotatable bonds is 17. The zero-order chi connectivity index (χ0) is 38.3. The number of carbonyl (C=O) groups is 1. The molecule has 0 aliphatic rings. The minimum absolute atomic E-state index is 0.184. The Hall–Kier alpha value is -4.17. The van der Waals surface area contributed by atoms with Crippen LogP contribution >= 0.6 is 22.1 Å². The summed E-state index contributed by atoms with van der Waals surface area (Å²) in [6.07, 6.45) is -0.976. The fourth-order valence-corrected chi connectivity index (χ4v) is 12.2. The van der Waals surface area contributed by atoms with Crippen molar-refractivity contribution in [3.05, 3.63) is 163 Å². The molecule has 0 saturated carbocycles. The summed E-state index contributed by atoms with van der Waals surface area (Å²) in [7, 11) is -6.86. The summed E-state index contributed by atoms with van der Waals surface area (Å²) in [5, 5.41) is -5.30. The first-order chi connectivity index (χ1) is 25.3. The Morgan fingerprint density at radius 3 is 1.53 bits per heavy atom. The van der Waals surface area contributed by atoms with Crippen molar-refractivity contribution in [1.29, 1.82) is 0 Å². The molecule has 0 radical (unpaired) electrons. The molecule has 5 aromatic rings. The van der Waals surface area contributed by atoms with E-state index in [1.165, 1.54) is 21.1 Å². The fourth-order valence-electron chi connectivity index (χ4n) is 6.00. The van der Waals surface area contributed by atoms with E-state index in [0.717, 1.165) is 9.79 Å². The standard InChI is InChI=1S/C41H39F3O6S3/c1-5-30-39(42,38(45)6-2)41(43,44)53(46,47)50-52(35-18-12-8-13-19-35,36-20-14-9-15-21-36)37-28-24-32(25-29-37)40(48-3,49-4)31-22-26-34(27-23-31)51-33-16-10-7-11-17-33/h6-29H,2,5,30H2,1,3-4H3. The van der Waals surface area contributed by atoms with Crippen molar-refractivity contribution < 1.29 is 39.5 Å². The Kier molecular flexibility index (Phi) is 12.4. The SMILES string of the molecule is C=CC(=O)C(F)(CCC)C(F)(F)S(=O)(=O)OS(c1ccccc1)(c1ccccc1)c1ccc(C(OC)(OC)c2ccc(Sc3ccccc3)cc2)cc1. The Labute approximate surface area is 314 Å². The lowest BCUT2D eigenvalue weighted by atomic mass is 9.95. The molecule has 0 fully saturated rings. The number of halogens is 3. The molecule has 0 spiro atoms. The molecule has 53 heavy (non-hydrogen) atoms. The summed E-state index contributed by atoms with van der Waals surface area (Å²) >= 11 is 1.59. The Balaban J connectivity index is 1.66. The van der Waals surface area contributed by atoms with Crippen molar-refractivity contribution in [2.75, 3.05) is 14.2 Å². The number of ketones is 1. The molecule has 0 heterocycles. The maximum atomic E-state index is 16.2. The van der Waals surface area contributed by atoms with Gasteiger partial charge in [0.25, 0.3) is 5.67 Å². The number of methoxy groups -OCH3 is 2. The molecule has 0 aromatic heterocycles. The van der Waals surface area contributed by atoms with Crippen LogP contribution in [-0.2, 0) is 33.8 Å². The van der Waals surface area contributed by atoms with Crippen molar-refractivity contribution in [1.82, 2.24) is 0 Å². The zero-order valence-electron chi connectivity index (χ0n) is 29.3. The second-order valence-electron chi connectivity index (χ2n) is 11.8. The van der Waals surface area contributed by atoms with E-state index in [0.29, 0.717) is 17.2 Å². The van der Waals surface area contributed by atoms with Crippen LogP contribution < -0.4 is 0 Å². The predicted octanol–water partition coefficient (Wildman–Crippen LogP) is 10.7. The lowest BCUT2D eigenvalue weighted by molar-refractivity contribution is -0.183. The van der Waals surface area contributed by atoms with Gasteiger partial charge in [0, 0.05) is 49.8 Å². The summed E-state index contributed by atoms with van der Waals surface area (Å²) in [6, 6.07) is 39.9. The molecule has 5 rings (SSSR count). The molecule has 0 bridgehead atoms. The summed E-state index contributed by atoms with van der Waals surface area (Å²) in [5.74, 6) is -3.19. The number of allylic oxidation sites excluding steroid dienone is 1. The van der Waals surface area contributed by atoms with E-state index in [4.69, 9.17) is 13.1 Å². The highest BCUT2D eigenvalue weighted by Gasteiger charge is 2.69. The Morgan fingerprint density at radius 1 is 0.679 bits per heavy atom. The molecule has 5 aromatic carbocycles. The molecule has 0 aliphatic heterocycles. The van der Waals surface area contributed by atoms with Crippen LogP contribution in [0.1, 0.15) is 30.9 Å². The largest absolute Gasteiger partial charge is 0.411 e. The summed E-state index contributed by atoms with van der Waals surface area (Å²) < 4.78 is 94.3. The maximum Gasteiger partial charge on any atom is 0.411 e. The Bertz CT molecular complexity index is 2060. The summed E-state index contributed by atoms with van der Waals surface area (Å²) in [5.41, 5.74) is -2.98. The minimum Gasteiger partial charge on any atom is -0.346 e. The van der Waals surface area contributed by atoms with Crippen LogP contribution in [-0.4, -0.2) is 39.3 Å². The number of ether oxygens (including phenoxy) is 2. The second kappa shape index (κ2) is 16.5. The van der Waals surface area contributed by atoms with E-state index in [1.54, 1.807) is 96.7 Å². The number of carbonyl (C=O) groups excluding carboxylic acids is 1. The van der Waals surface area contributed by atoms with Gasteiger partial charge in [-0.25, -0.2) is 8.02 Å². The lowest BCUT2D eigenvalue weighted by Crippen LogP contribution is -2.55. The molecule has 278 valence electrons. The van der Waals surface area contributed by atoms with Crippen molar-refractivity contribution >= 4 is 38.0 Å². The fraction of sp³-hybridized carbons (Fsp3) is 0.195. The topological polar surface area (TPSA) is 78.9 Å². The van der Waals surface area contributed by atoms with Crippen molar-refractivity contribution in [3.8, 4) is 0 Å². The van der Waals surface area contributed by atoms with Crippen LogP contribution in [0.4, 0.5) is 13.2 Å². The smallest absolute Gasteiger partial charge is 0.346 e.